The first-order valence-corrected chi connectivity index (χ1v) is 7.63. The van der Waals surface area contributed by atoms with Crippen molar-refractivity contribution in [3.05, 3.63) is 29.8 Å². The first-order valence-electron chi connectivity index (χ1n) is 7.63. The number of nitrogens with one attached hydrogen (secondary N) is 1. The van der Waals surface area contributed by atoms with E-state index in [1.165, 1.54) is 18.9 Å². The molecule has 1 aromatic carbocycles. The van der Waals surface area contributed by atoms with Gasteiger partial charge < -0.3 is 9.88 Å². The van der Waals surface area contributed by atoms with Gasteiger partial charge in [0.25, 0.3) is 0 Å². The minimum atomic E-state index is -0.194. The number of fused-ring (bicyclic) bond motifs is 1. The van der Waals surface area contributed by atoms with Gasteiger partial charge in [-0.15, -0.1) is 0 Å². The van der Waals surface area contributed by atoms with Crippen LogP contribution in [0.25, 0.3) is 11.0 Å². The standard InChI is InChI=1S/C16H20FN3/c1-2-16(8-9-18-10-16)15-19-14-12(17)4-3-5-13(14)20(15)11-6-7-11/h3-5,11,18H,2,6-10H2,1H3. The Kier molecular flexibility index (Phi) is 2.64. The highest BCUT2D eigenvalue weighted by molar-refractivity contribution is 5.77. The third-order valence-electron chi connectivity index (χ3n) is 4.98. The van der Waals surface area contributed by atoms with Crippen LogP contribution in [0.3, 0.4) is 0 Å². The summed E-state index contributed by atoms with van der Waals surface area (Å²) in [5, 5.41) is 3.46. The number of aromatic nitrogens is 2. The fourth-order valence-electron chi connectivity index (χ4n) is 3.55. The van der Waals surface area contributed by atoms with Crippen LogP contribution in [0.1, 0.15) is 44.5 Å². The van der Waals surface area contributed by atoms with Crippen molar-refractivity contribution >= 4 is 11.0 Å². The Morgan fingerprint density at radius 1 is 1.45 bits per heavy atom. The second-order valence-electron chi connectivity index (χ2n) is 6.20. The van der Waals surface area contributed by atoms with Gasteiger partial charge in [-0.05, 0) is 44.4 Å². The molecule has 0 spiro atoms. The van der Waals surface area contributed by atoms with E-state index in [9.17, 15) is 4.39 Å². The zero-order valence-corrected chi connectivity index (χ0v) is 11.8. The number of para-hydroxylation sites is 1. The smallest absolute Gasteiger partial charge is 0.151 e. The summed E-state index contributed by atoms with van der Waals surface area (Å²) in [7, 11) is 0. The number of nitrogens with zero attached hydrogens (tertiary/aromatic N) is 2. The van der Waals surface area contributed by atoms with E-state index >= 15 is 0 Å². The lowest BCUT2D eigenvalue weighted by atomic mass is 9.83. The summed E-state index contributed by atoms with van der Waals surface area (Å²) >= 11 is 0. The molecule has 1 saturated heterocycles. The largest absolute Gasteiger partial charge is 0.324 e. The van der Waals surface area contributed by atoms with Crippen LogP contribution in [0.2, 0.25) is 0 Å². The molecule has 4 rings (SSSR count). The van der Waals surface area contributed by atoms with Crippen molar-refractivity contribution in [2.45, 2.75) is 44.1 Å². The van der Waals surface area contributed by atoms with Gasteiger partial charge in [-0.3, -0.25) is 0 Å². The van der Waals surface area contributed by atoms with Crippen molar-refractivity contribution in [1.82, 2.24) is 14.9 Å². The number of halogens is 1. The number of rotatable bonds is 3. The van der Waals surface area contributed by atoms with Crippen LogP contribution in [-0.2, 0) is 5.41 Å². The second kappa shape index (κ2) is 4.29. The van der Waals surface area contributed by atoms with E-state index in [-0.39, 0.29) is 11.2 Å². The normalized spacial score (nSPS) is 26.5. The van der Waals surface area contributed by atoms with E-state index in [0.717, 1.165) is 37.3 Å². The average Bonchev–Trinajstić information content (AvgIpc) is 3.04. The lowest BCUT2D eigenvalue weighted by Crippen LogP contribution is -2.31. The zero-order valence-electron chi connectivity index (χ0n) is 11.8. The molecule has 2 fully saturated rings. The predicted octanol–water partition coefficient (Wildman–Crippen LogP) is 3.15. The van der Waals surface area contributed by atoms with E-state index in [4.69, 9.17) is 4.98 Å². The van der Waals surface area contributed by atoms with E-state index < -0.39 is 0 Å². The maximum absolute atomic E-state index is 14.1. The molecule has 20 heavy (non-hydrogen) atoms. The van der Waals surface area contributed by atoms with Crippen LogP contribution in [-0.4, -0.2) is 22.6 Å². The van der Waals surface area contributed by atoms with Gasteiger partial charge in [0.1, 0.15) is 11.3 Å². The van der Waals surface area contributed by atoms with Crippen molar-refractivity contribution in [2.24, 2.45) is 0 Å². The minimum absolute atomic E-state index is 0.0774. The monoisotopic (exact) mass is 273 g/mol. The van der Waals surface area contributed by atoms with Gasteiger partial charge in [-0.1, -0.05) is 13.0 Å². The molecule has 1 atom stereocenters. The molecule has 0 radical (unpaired) electrons. The van der Waals surface area contributed by atoms with Crippen LogP contribution in [0.4, 0.5) is 4.39 Å². The molecule has 1 aliphatic heterocycles. The summed E-state index contributed by atoms with van der Waals surface area (Å²) < 4.78 is 16.4. The Morgan fingerprint density at radius 3 is 2.95 bits per heavy atom. The Labute approximate surface area is 118 Å². The molecule has 1 saturated carbocycles. The second-order valence-corrected chi connectivity index (χ2v) is 6.20. The van der Waals surface area contributed by atoms with E-state index in [1.807, 2.05) is 6.07 Å². The maximum Gasteiger partial charge on any atom is 0.151 e. The SMILES string of the molecule is CCC1(c2nc3c(F)cccc3n2C2CC2)CCNC1. The highest BCUT2D eigenvalue weighted by Gasteiger charge is 2.41. The quantitative estimate of drug-likeness (QED) is 0.931. The van der Waals surface area contributed by atoms with Gasteiger partial charge in [0.2, 0.25) is 0 Å². The molecule has 0 bridgehead atoms. The van der Waals surface area contributed by atoms with Gasteiger partial charge in [0, 0.05) is 18.0 Å². The molecule has 1 unspecified atom stereocenters. The first-order chi connectivity index (χ1) is 9.75. The van der Waals surface area contributed by atoms with Crippen LogP contribution < -0.4 is 5.32 Å². The molecule has 1 N–H and O–H groups in total. The maximum atomic E-state index is 14.1. The van der Waals surface area contributed by atoms with Crippen LogP contribution in [0, 0.1) is 5.82 Å². The van der Waals surface area contributed by atoms with Gasteiger partial charge in [0.05, 0.1) is 5.52 Å². The van der Waals surface area contributed by atoms with Crippen molar-refractivity contribution in [3.8, 4) is 0 Å². The summed E-state index contributed by atoms with van der Waals surface area (Å²) in [6.07, 6.45) is 4.54. The molecular formula is C16H20FN3. The molecule has 1 aromatic heterocycles. The van der Waals surface area contributed by atoms with Crippen molar-refractivity contribution in [3.63, 3.8) is 0 Å². The molecule has 2 aromatic rings. The molecule has 4 heteroatoms. The fraction of sp³-hybridized carbons (Fsp3) is 0.562. The summed E-state index contributed by atoms with van der Waals surface area (Å²) in [4.78, 5) is 4.75. The number of hydrogen-bond acceptors (Lipinski definition) is 2. The highest BCUT2D eigenvalue weighted by atomic mass is 19.1. The number of benzene rings is 1. The molecule has 0 amide bonds. The minimum Gasteiger partial charge on any atom is -0.324 e. The summed E-state index contributed by atoms with van der Waals surface area (Å²) in [6, 6.07) is 5.86. The van der Waals surface area contributed by atoms with Crippen molar-refractivity contribution in [2.75, 3.05) is 13.1 Å². The molecule has 106 valence electrons. The highest BCUT2D eigenvalue weighted by Crippen LogP contribution is 2.44. The van der Waals surface area contributed by atoms with E-state index in [0.29, 0.717) is 11.6 Å². The molecule has 1 aliphatic carbocycles. The average molecular weight is 273 g/mol. The number of imidazole rings is 1. The fourth-order valence-corrected chi connectivity index (χ4v) is 3.55. The number of hydrogen-bond donors (Lipinski definition) is 1. The summed E-state index contributed by atoms with van der Waals surface area (Å²) in [6.45, 7) is 4.21. The first kappa shape index (κ1) is 12.3. The zero-order chi connectivity index (χ0) is 13.7. The summed E-state index contributed by atoms with van der Waals surface area (Å²) in [5.74, 6) is 0.910. The lowest BCUT2D eigenvalue weighted by Gasteiger charge is -2.27. The molecule has 2 heterocycles. The van der Waals surface area contributed by atoms with E-state index in [2.05, 4.69) is 16.8 Å². The van der Waals surface area contributed by atoms with E-state index in [1.54, 1.807) is 6.07 Å². The molecule has 2 aliphatic rings. The predicted molar refractivity (Wildman–Crippen MR) is 77.4 cm³/mol. The van der Waals surface area contributed by atoms with Crippen LogP contribution in [0.15, 0.2) is 18.2 Å². The van der Waals surface area contributed by atoms with Gasteiger partial charge >= 0.3 is 0 Å². The Morgan fingerprint density at radius 2 is 2.30 bits per heavy atom. The Balaban J connectivity index is 1.98. The topological polar surface area (TPSA) is 29.9 Å². The van der Waals surface area contributed by atoms with Crippen molar-refractivity contribution in [1.29, 1.82) is 0 Å². The third-order valence-corrected chi connectivity index (χ3v) is 4.98. The van der Waals surface area contributed by atoms with Gasteiger partial charge in [-0.25, -0.2) is 9.37 Å². The lowest BCUT2D eigenvalue weighted by molar-refractivity contribution is 0.406. The molecule has 3 nitrogen and oxygen atoms in total. The van der Waals surface area contributed by atoms with Gasteiger partial charge in [-0.2, -0.15) is 0 Å². The van der Waals surface area contributed by atoms with Crippen LogP contribution in [0.5, 0.6) is 0 Å². The molecular weight excluding hydrogens is 253 g/mol. The van der Waals surface area contributed by atoms with Crippen LogP contribution >= 0.6 is 0 Å². The summed E-state index contributed by atoms with van der Waals surface area (Å²) in [5.41, 5.74) is 1.60. The van der Waals surface area contributed by atoms with Gasteiger partial charge in [0.15, 0.2) is 5.82 Å². The Hall–Kier alpha value is -1.42. The third kappa shape index (κ3) is 1.64. The Bertz CT molecular complexity index is 651. The van der Waals surface area contributed by atoms with Crippen molar-refractivity contribution < 1.29 is 4.39 Å².